The van der Waals surface area contributed by atoms with Gasteiger partial charge < -0.3 is 9.64 Å². The third-order valence-electron chi connectivity index (χ3n) is 5.24. The van der Waals surface area contributed by atoms with Crippen molar-refractivity contribution in [2.45, 2.75) is 19.4 Å². The number of rotatable bonds is 8. The van der Waals surface area contributed by atoms with Crippen molar-refractivity contribution in [2.24, 2.45) is 0 Å². The van der Waals surface area contributed by atoms with E-state index in [-0.39, 0.29) is 0 Å². The van der Waals surface area contributed by atoms with Crippen molar-refractivity contribution in [3.63, 3.8) is 0 Å². The van der Waals surface area contributed by atoms with Gasteiger partial charge in [-0.15, -0.1) is 0 Å². The molecule has 0 unspecified atom stereocenters. The second-order valence-corrected chi connectivity index (χ2v) is 7.29. The Balaban J connectivity index is 1.29. The van der Waals surface area contributed by atoms with Gasteiger partial charge in [0, 0.05) is 45.7 Å². The van der Waals surface area contributed by atoms with Crippen molar-refractivity contribution < 1.29 is 4.74 Å². The van der Waals surface area contributed by atoms with E-state index in [4.69, 9.17) is 9.84 Å². The molecule has 0 bridgehead atoms. The molecule has 1 aromatic carbocycles. The molecule has 0 saturated carbocycles. The summed E-state index contributed by atoms with van der Waals surface area (Å²) in [4.78, 5) is 13.5. The Hall–Kier alpha value is -2.77. The molecular weight excluding hydrogens is 364 g/mol. The molecule has 3 heterocycles. The minimum Gasteiger partial charge on any atom is -0.378 e. The monoisotopic (exact) mass is 392 g/mol. The highest BCUT2D eigenvalue weighted by molar-refractivity contribution is 5.33. The summed E-state index contributed by atoms with van der Waals surface area (Å²) in [6, 6.07) is 14.3. The number of methoxy groups -OCH3 is 1. The van der Waals surface area contributed by atoms with Crippen LogP contribution in [-0.2, 0) is 17.8 Å². The predicted octanol–water partition coefficient (Wildman–Crippen LogP) is 2.56. The number of hydrogen-bond donors (Lipinski definition) is 0. The zero-order valence-electron chi connectivity index (χ0n) is 16.9. The number of benzene rings is 1. The second-order valence-electron chi connectivity index (χ2n) is 7.29. The SMILES string of the molecule is COCc1cc(CCCN2CCN(c3ncccn3)CC2)nn1-c1ccccc1. The van der Waals surface area contributed by atoms with E-state index in [0.717, 1.165) is 68.6 Å². The van der Waals surface area contributed by atoms with Gasteiger partial charge in [-0.1, -0.05) is 18.2 Å². The normalized spacial score (nSPS) is 15.0. The molecule has 0 amide bonds. The largest absolute Gasteiger partial charge is 0.378 e. The van der Waals surface area contributed by atoms with E-state index in [1.807, 2.05) is 28.9 Å². The van der Waals surface area contributed by atoms with E-state index < -0.39 is 0 Å². The van der Waals surface area contributed by atoms with Crippen molar-refractivity contribution in [3.05, 3.63) is 66.2 Å². The first-order valence-electron chi connectivity index (χ1n) is 10.2. The summed E-state index contributed by atoms with van der Waals surface area (Å²) in [7, 11) is 1.72. The molecule has 0 atom stereocenters. The number of ether oxygens (including phenoxy) is 1. The van der Waals surface area contributed by atoms with Crippen LogP contribution in [0.25, 0.3) is 5.69 Å². The molecule has 4 rings (SSSR count). The first kappa shape index (κ1) is 19.5. The predicted molar refractivity (Wildman–Crippen MR) is 113 cm³/mol. The Labute approximate surface area is 172 Å². The van der Waals surface area contributed by atoms with Gasteiger partial charge >= 0.3 is 0 Å². The molecule has 1 aliphatic heterocycles. The van der Waals surface area contributed by atoms with Crippen molar-refractivity contribution in [3.8, 4) is 5.69 Å². The lowest BCUT2D eigenvalue weighted by Gasteiger charge is -2.34. The molecule has 152 valence electrons. The van der Waals surface area contributed by atoms with Gasteiger partial charge in [0.25, 0.3) is 0 Å². The van der Waals surface area contributed by atoms with Crippen LogP contribution < -0.4 is 4.90 Å². The molecule has 29 heavy (non-hydrogen) atoms. The summed E-state index contributed by atoms with van der Waals surface area (Å²) < 4.78 is 7.36. The van der Waals surface area contributed by atoms with Gasteiger partial charge in [0.15, 0.2) is 0 Å². The van der Waals surface area contributed by atoms with Gasteiger partial charge in [0.1, 0.15) is 0 Å². The quantitative estimate of drug-likeness (QED) is 0.587. The van der Waals surface area contributed by atoms with Crippen LogP contribution >= 0.6 is 0 Å². The second kappa shape index (κ2) is 9.62. The summed E-state index contributed by atoms with van der Waals surface area (Å²) in [5, 5.41) is 4.83. The summed E-state index contributed by atoms with van der Waals surface area (Å²) in [5.41, 5.74) is 3.28. The number of aromatic nitrogens is 4. The van der Waals surface area contributed by atoms with Crippen molar-refractivity contribution in [1.82, 2.24) is 24.6 Å². The fourth-order valence-corrected chi connectivity index (χ4v) is 3.75. The third kappa shape index (κ3) is 4.99. The van der Waals surface area contributed by atoms with Crippen LogP contribution in [0.4, 0.5) is 5.95 Å². The Morgan fingerprint density at radius 2 is 1.72 bits per heavy atom. The maximum absolute atomic E-state index is 5.37. The fraction of sp³-hybridized carbons (Fsp3) is 0.409. The number of anilines is 1. The Morgan fingerprint density at radius 3 is 2.45 bits per heavy atom. The van der Waals surface area contributed by atoms with E-state index >= 15 is 0 Å². The summed E-state index contributed by atoms with van der Waals surface area (Å²) in [5.74, 6) is 0.837. The van der Waals surface area contributed by atoms with Crippen LogP contribution in [0.2, 0.25) is 0 Å². The maximum atomic E-state index is 5.37. The molecule has 7 nitrogen and oxygen atoms in total. The molecule has 3 aromatic rings. The van der Waals surface area contributed by atoms with Crippen LogP contribution in [0.3, 0.4) is 0 Å². The summed E-state index contributed by atoms with van der Waals surface area (Å²) >= 11 is 0. The number of piperazine rings is 1. The van der Waals surface area contributed by atoms with Gasteiger partial charge in [0.2, 0.25) is 5.95 Å². The van der Waals surface area contributed by atoms with Gasteiger partial charge in [-0.3, -0.25) is 4.90 Å². The van der Waals surface area contributed by atoms with Gasteiger partial charge in [0.05, 0.1) is 23.7 Å². The van der Waals surface area contributed by atoms with E-state index in [1.165, 1.54) is 0 Å². The molecular formula is C22H28N6O. The molecule has 0 N–H and O–H groups in total. The Bertz CT molecular complexity index is 875. The molecule has 7 heteroatoms. The number of aryl methyl sites for hydroxylation is 1. The van der Waals surface area contributed by atoms with Crippen LogP contribution in [0.15, 0.2) is 54.9 Å². The fourth-order valence-electron chi connectivity index (χ4n) is 3.75. The highest BCUT2D eigenvalue weighted by Gasteiger charge is 2.18. The maximum Gasteiger partial charge on any atom is 0.225 e. The lowest BCUT2D eigenvalue weighted by atomic mass is 10.2. The minimum atomic E-state index is 0.561. The van der Waals surface area contributed by atoms with Crippen LogP contribution in [0, 0.1) is 0 Å². The van der Waals surface area contributed by atoms with E-state index in [2.05, 4.69) is 38.0 Å². The molecule has 0 spiro atoms. The Morgan fingerprint density at radius 1 is 0.966 bits per heavy atom. The molecule has 0 aliphatic carbocycles. The van der Waals surface area contributed by atoms with Crippen molar-refractivity contribution in [2.75, 3.05) is 44.7 Å². The van der Waals surface area contributed by atoms with Crippen LogP contribution in [0.5, 0.6) is 0 Å². The average Bonchev–Trinajstić information content (AvgIpc) is 3.18. The molecule has 0 radical (unpaired) electrons. The molecule has 1 saturated heterocycles. The lowest BCUT2D eigenvalue weighted by molar-refractivity contribution is 0.179. The number of hydrogen-bond acceptors (Lipinski definition) is 6. The van der Waals surface area contributed by atoms with Crippen LogP contribution in [0.1, 0.15) is 17.8 Å². The zero-order chi connectivity index (χ0) is 19.9. The molecule has 2 aromatic heterocycles. The topological polar surface area (TPSA) is 59.3 Å². The van der Waals surface area contributed by atoms with E-state index in [9.17, 15) is 0 Å². The summed E-state index contributed by atoms with van der Waals surface area (Å²) in [6.07, 6.45) is 5.68. The third-order valence-corrected chi connectivity index (χ3v) is 5.24. The minimum absolute atomic E-state index is 0.561. The van der Waals surface area contributed by atoms with Gasteiger partial charge in [-0.25, -0.2) is 14.6 Å². The zero-order valence-corrected chi connectivity index (χ0v) is 16.9. The highest BCUT2D eigenvalue weighted by atomic mass is 16.5. The highest BCUT2D eigenvalue weighted by Crippen LogP contribution is 2.15. The van der Waals surface area contributed by atoms with Crippen molar-refractivity contribution in [1.29, 1.82) is 0 Å². The van der Waals surface area contributed by atoms with Gasteiger partial charge in [-0.2, -0.15) is 5.10 Å². The first-order valence-corrected chi connectivity index (χ1v) is 10.2. The standard InChI is InChI=1S/C22H28N6O/c1-29-18-21-17-19(25-28(21)20-8-3-2-4-9-20)7-5-12-26-13-15-27(16-14-26)22-23-10-6-11-24-22/h2-4,6,8-11,17H,5,7,12-16,18H2,1H3. The average molecular weight is 393 g/mol. The number of nitrogens with zero attached hydrogens (tertiary/aromatic N) is 6. The number of para-hydroxylation sites is 1. The van der Waals surface area contributed by atoms with Crippen LogP contribution in [-0.4, -0.2) is 64.5 Å². The lowest BCUT2D eigenvalue weighted by Crippen LogP contribution is -2.47. The molecule has 1 aliphatic rings. The van der Waals surface area contributed by atoms with Gasteiger partial charge in [-0.05, 0) is 43.7 Å². The van der Waals surface area contributed by atoms with E-state index in [0.29, 0.717) is 6.61 Å². The van der Waals surface area contributed by atoms with E-state index in [1.54, 1.807) is 19.5 Å². The smallest absolute Gasteiger partial charge is 0.225 e. The molecule has 1 fully saturated rings. The van der Waals surface area contributed by atoms with Crippen molar-refractivity contribution >= 4 is 5.95 Å². The first-order chi connectivity index (χ1) is 14.3. The Kier molecular flexibility index (Phi) is 6.49. The summed E-state index contributed by atoms with van der Waals surface area (Å²) in [6.45, 7) is 5.69.